The molecule has 1 heterocycles. The number of ether oxygens (including phenoxy) is 2. The lowest BCUT2D eigenvalue weighted by Gasteiger charge is -2.32. The molecule has 0 spiro atoms. The van der Waals surface area contributed by atoms with E-state index in [2.05, 4.69) is 52.9 Å². The summed E-state index contributed by atoms with van der Waals surface area (Å²) in [4.78, 5) is 4.33. The first kappa shape index (κ1) is 24.2. The summed E-state index contributed by atoms with van der Waals surface area (Å²) in [5, 5.41) is 6.84. The average Bonchev–Trinajstić information content (AvgIpc) is 2.70. The SMILES string of the molecule is CCCCOCCCNC(=NC)NCC1CCCOC1c1ccccc1.I. The van der Waals surface area contributed by atoms with Gasteiger partial charge in [-0.25, -0.2) is 0 Å². The fourth-order valence-corrected chi connectivity index (χ4v) is 3.24. The molecule has 154 valence electrons. The van der Waals surface area contributed by atoms with Crippen molar-refractivity contribution in [2.75, 3.05) is 40.0 Å². The van der Waals surface area contributed by atoms with Crippen LogP contribution in [0, 0.1) is 5.92 Å². The van der Waals surface area contributed by atoms with Crippen LogP contribution < -0.4 is 10.6 Å². The summed E-state index contributed by atoms with van der Waals surface area (Å²) < 4.78 is 11.7. The number of nitrogens with one attached hydrogen (secondary N) is 2. The minimum atomic E-state index is 0. The topological polar surface area (TPSA) is 54.9 Å². The second-order valence-corrected chi connectivity index (χ2v) is 6.80. The van der Waals surface area contributed by atoms with Crippen molar-refractivity contribution in [3.63, 3.8) is 0 Å². The number of guanidine groups is 1. The highest BCUT2D eigenvalue weighted by Crippen LogP contribution is 2.32. The summed E-state index contributed by atoms with van der Waals surface area (Å²) in [6.45, 7) is 6.44. The molecule has 2 N–H and O–H groups in total. The zero-order chi connectivity index (χ0) is 18.5. The number of hydrogen-bond acceptors (Lipinski definition) is 3. The van der Waals surface area contributed by atoms with Crippen LogP contribution in [0.3, 0.4) is 0 Å². The van der Waals surface area contributed by atoms with Crippen molar-refractivity contribution in [1.82, 2.24) is 10.6 Å². The standard InChI is InChI=1S/C21H35N3O2.HI/c1-3-4-14-25-15-9-13-23-21(22-2)24-17-19-12-8-16-26-20(19)18-10-6-5-7-11-18;/h5-7,10-11,19-20H,3-4,8-9,12-17H2,1-2H3,(H2,22,23,24);1H. The molecule has 2 unspecified atom stereocenters. The van der Waals surface area contributed by atoms with Gasteiger partial charge in [0.05, 0.1) is 6.10 Å². The molecule has 1 aromatic rings. The molecule has 0 saturated carbocycles. The average molecular weight is 489 g/mol. The Morgan fingerprint density at radius 3 is 2.70 bits per heavy atom. The van der Waals surface area contributed by atoms with E-state index in [9.17, 15) is 0 Å². The van der Waals surface area contributed by atoms with Gasteiger partial charge >= 0.3 is 0 Å². The molecule has 0 aromatic heterocycles. The van der Waals surface area contributed by atoms with Crippen LogP contribution in [0.5, 0.6) is 0 Å². The Hall–Kier alpha value is -0.860. The van der Waals surface area contributed by atoms with Crippen LogP contribution in [-0.2, 0) is 9.47 Å². The van der Waals surface area contributed by atoms with Gasteiger partial charge in [-0.05, 0) is 31.2 Å². The lowest BCUT2D eigenvalue weighted by molar-refractivity contribution is -0.0265. The monoisotopic (exact) mass is 489 g/mol. The quantitative estimate of drug-likeness (QED) is 0.225. The number of unbranched alkanes of at least 4 members (excludes halogenated alkanes) is 1. The predicted molar refractivity (Wildman–Crippen MR) is 123 cm³/mol. The maximum atomic E-state index is 6.07. The molecule has 1 aliphatic heterocycles. The minimum absolute atomic E-state index is 0. The van der Waals surface area contributed by atoms with Crippen molar-refractivity contribution < 1.29 is 9.47 Å². The first-order chi connectivity index (χ1) is 12.8. The van der Waals surface area contributed by atoms with Crippen LogP contribution in [0.2, 0.25) is 0 Å². The second-order valence-electron chi connectivity index (χ2n) is 6.80. The zero-order valence-electron chi connectivity index (χ0n) is 16.8. The molecule has 0 amide bonds. The van der Waals surface area contributed by atoms with Gasteiger partial charge in [0.15, 0.2) is 5.96 Å². The van der Waals surface area contributed by atoms with Crippen molar-refractivity contribution in [3.05, 3.63) is 35.9 Å². The van der Waals surface area contributed by atoms with Crippen molar-refractivity contribution in [3.8, 4) is 0 Å². The summed E-state index contributed by atoms with van der Waals surface area (Å²) in [5.74, 6) is 1.32. The van der Waals surface area contributed by atoms with Gasteiger partial charge in [0.2, 0.25) is 0 Å². The fourth-order valence-electron chi connectivity index (χ4n) is 3.24. The summed E-state index contributed by atoms with van der Waals surface area (Å²) >= 11 is 0. The van der Waals surface area contributed by atoms with E-state index in [-0.39, 0.29) is 30.1 Å². The molecule has 0 radical (unpaired) electrons. The van der Waals surface area contributed by atoms with E-state index in [1.54, 1.807) is 0 Å². The van der Waals surface area contributed by atoms with Crippen LogP contribution in [0.1, 0.15) is 50.7 Å². The predicted octanol–water partition coefficient (Wildman–Crippen LogP) is 4.14. The van der Waals surface area contributed by atoms with Crippen molar-refractivity contribution in [1.29, 1.82) is 0 Å². The van der Waals surface area contributed by atoms with Gasteiger partial charge in [0, 0.05) is 45.9 Å². The first-order valence-corrected chi connectivity index (χ1v) is 10.0. The maximum absolute atomic E-state index is 6.07. The third-order valence-corrected chi connectivity index (χ3v) is 4.73. The van der Waals surface area contributed by atoms with Gasteiger partial charge in [-0.2, -0.15) is 0 Å². The van der Waals surface area contributed by atoms with Crippen molar-refractivity contribution >= 4 is 29.9 Å². The lowest BCUT2D eigenvalue weighted by Crippen LogP contribution is -2.42. The highest BCUT2D eigenvalue weighted by Gasteiger charge is 2.27. The number of aliphatic imine (C=N–C) groups is 1. The van der Waals surface area contributed by atoms with Crippen LogP contribution in [0.15, 0.2) is 35.3 Å². The van der Waals surface area contributed by atoms with Crippen LogP contribution >= 0.6 is 24.0 Å². The zero-order valence-corrected chi connectivity index (χ0v) is 19.1. The summed E-state index contributed by atoms with van der Waals surface area (Å²) in [7, 11) is 1.82. The third-order valence-electron chi connectivity index (χ3n) is 4.73. The van der Waals surface area contributed by atoms with E-state index in [0.29, 0.717) is 5.92 Å². The van der Waals surface area contributed by atoms with Gasteiger partial charge in [0.25, 0.3) is 0 Å². The van der Waals surface area contributed by atoms with E-state index in [0.717, 1.165) is 58.1 Å². The van der Waals surface area contributed by atoms with E-state index < -0.39 is 0 Å². The Kier molecular flexibility index (Phi) is 13.5. The minimum Gasteiger partial charge on any atom is -0.381 e. The normalized spacial score (nSPS) is 20.0. The molecule has 5 nitrogen and oxygen atoms in total. The largest absolute Gasteiger partial charge is 0.381 e. The van der Waals surface area contributed by atoms with Crippen molar-refractivity contribution in [2.45, 2.75) is 45.1 Å². The molecule has 1 saturated heterocycles. The Labute approximate surface area is 181 Å². The van der Waals surface area contributed by atoms with Crippen LogP contribution in [0.4, 0.5) is 0 Å². The Bertz CT molecular complexity index is 513. The lowest BCUT2D eigenvalue weighted by atomic mass is 9.89. The number of halogens is 1. The van der Waals surface area contributed by atoms with E-state index in [4.69, 9.17) is 9.47 Å². The Morgan fingerprint density at radius 2 is 1.96 bits per heavy atom. The molecule has 2 rings (SSSR count). The molecule has 1 fully saturated rings. The van der Waals surface area contributed by atoms with Crippen molar-refractivity contribution in [2.24, 2.45) is 10.9 Å². The number of hydrogen-bond donors (Lipinski definition) is 2. The van der Waals surface area contributed by atoms with E-state index in [1.807, 2.05) is 7.05 Å². The summed E-state index contributed by atoms with van der Waals surface area (Å²) in [5.41, 5.74) is 1.27. The van der Waals surface area contributed by atoms with Crippen LogP contribution in [0.25, 0.3) is 0 Å². The smallest absolute Gasteiger partial charge is 0.190 e. The second kappa shape index (κ2) is 15.1. The molecular formula is C21H36IN3O2. The van der Waals surface area contributed by atoms with E-state index >= 15 is 0 Å². The molecular weight excluding hydrogens is 453 g/mol. The first-order valence-electron chi connectivity index (χ1n) is 10.0. The molecule has 0 aliphatic carbocycles. The van der Waals surface area contributed by atoms with Crippen LogP contribution in [-0.4, -0.2) is 45.9 Å². The van der Waals surface area contributed by atoms with Gasteiger partial charge in [0.1, 0.15) is 0 Å². The fraction of sp³-hybridized carbons (Fsp3) is 0.667. The maximum Gasteiger partial charge on any atom is 0.190 e. The Balaban J connectivity index is 0.00000364. The number of benzene rings is 1. The molecule has 2 atom stereocenters. The van der Waals surface area contributed by atoms with E-state index in [1.165, 1.54) is 18.4 Å². The number of rotatable bonds is 10. The highest BCUT2D eigenvalue weighted by atomic mass is 127. The number of nitrogens with zero attached hydrogens (tertiary/aromatic N) is 1. The third kappa shape index (κ3) is 9.25. The highest BCUT2D eigenvalue weighted by molar-refractivity contribution is 14.0. The summed E-state index contributed by atoms with van der Waals surface area (Å²) in [6, 6.07) is 10.5. The molecule has 1 aromatic carbocycles. The van der Waals surface area contributed by atoms with Gasteiger partial charge < -0.3 is 20.1 Å². The molecule has 0 bridgehead atoms. The Morgan fingerprint density at radius 1 is 1.19 bits per heavy atom. The molecule has 27 heavy (non-hydrogen) atoms. The molecule has 1 aliphatic rings. The van der Waals surface area contributed by atoms with Gasteiger partial charge in [-0.15, -0.1) is 24.0 Å². The van der Waals surface area contributed by atoms with Gasteiger partial charge in [-0.3, -0.25) is 4.99 Å². The molecule has 6 heteroatoms. The van der Waals surface area contributed by atoms with Gasteiger partial charge in [-0.1, -0.05) is 43.7 Å². The summed E-state index contributed by atoms with van der Waals surface area (Å²) in [6.07, 6.45) is 5.78.